The van der Waals surface area contributed by atoms with Crippen LogP contribution in [-0.4, -0.2) is 5.78 Å². The van der Waals surface area contributed by atoms with Crippen LogP contribution in [0, 0.1) is 13.8 Å². The Balaban J connectivity index is 2.58. The first-order chi connectivity index (χ1) is 8.49. The molecule has 2 heteroatoms. The van der Waals surface area contributed by atoms with Gasteiger partial charge in [0.25, 0.3) is 0 Å². The molecule has 0 aliphatic rings. The van der Waals surface area contributed by atoms with Gasteiger partial charge in [-0.15, -0.1) is 0 Å². The zero-order valence-corrected chi connectivity index (χ0v) is 11.5. The molecule has 0 bridgehead atoms. The SMILES string of the molecule is CC(=O)c1ccc(Cl)c(-c2ccc(C)c(C)c2)c1. The minimum atomic E-state index is 0.0525. The molecule has 0 atom stereocenters. The summed E-state index contributed by atoms with van der Waals surface area (Å²) in [7, 11) is 0. The second-order valence-electron chi connectivity index (χ2n) is 4.55. The maximum atomic E-state index is 11.4. The number of aryl methyl sites for hydroxylation is 2. The molecule has 18 heavy (non-hydrogen) atoms. The van der Waals surface area contributed by atoms with E-state index in [1.165, 1.54) is 11.1 Å². The van der Waals surface area contributed by atoms with Gasteiger partial charge in [0.15, 0.2) is 5.78 Å². The van der Waals surface area contributed by atoms with E-state index in [1.54, 1.807) is 19.1 Å². The third-order valence-electron chi connectivity index (χ3n) is 3.19. The van der Waals surface area contributed by atoms with Gasteiger partial charge in [0.2, 0.25) is 0 Å². The summed E-state index contributed by atoms with van der Waals surface area (Å²) in [6.45, 7) is 5.71. The second-order valence-corrected chi connectivity index (χ2v) is 4.96. The molecule has 1 nitrogen and oxygen atoms in total. The second kappa shape index (κ2) is 4.95. The molecule has 2 aromatic rings. The molecule has 0 aliphatic carbocycles. The van der Waals surface area contributed by atoms with Gasteiger partial charge in [-0.2, -0.15) is 0 Å². The van der Waals surface area contributed by atoms with Crippen molar-refractivity contribution in [2.75, 3.05) is 0 Å². The monoisotopic (exact) mass is 258 g/mol. The topological polar surface area (TPSA) is 17.1 Å². The third kappa shape index (κ3) is 2.46. The highest BCUT2D eigenvalue weighted by Crippen LogP contribution is 2.30. The van der Waals surface area contributed by atoms with Crippen molar-refractivity contribution in [1.29, 1.82) is 0 Å². The Morgan fingerprint density at radius 1 is 1.00 bits per heavy atom. The summed E-state index contributed by atoms with van der Waals surface area (Å²) in [5.41, 5.74) is 5.11. The van der Waals surface area contributed by atoms with E-state index in [-0.39, 0.29) is 5.78 Å². The molecule has 0 spiro atoms. The van der Waals surface area contributed by atoms with Crippen LogP contribution in [0.4, 0.5) is 0 Å². The van der Waals surface area contributed by atoms with Gasteiger partial charge in [0.1, 0.15) is 0 Å². The van der Waals surface area contributed by atoms with Crippen molar-refractivity contribution in [3.05, 3.63) is 58.1 Å². The molecule has 2 rings (SSSR count). The summed E-state index contributed by atoms with van der Waals surface area (Å²) in [5, 5.41) is 0.670. The number of carbonyl (C=O) groups is 1. The maximum Gasteiger partial charge on any atom is 0.159 e. The average molecular weight is 259 g/mol. The maximum absolute atomic E-state index is 11.4. The first kappa shape index (κ1) is 12.8. The Hall–Kier alpha value is -1.60. The quantitative estimate of drug-likeness (QED) is 0.706. The number of halogens is 1. The number of carbonyl (C=O) groups excluding carboxylic acids is 1. The van der Waals surface area contributed by atoms with Crippen molar-refractivity contribution < 1.29 is 4.79 Å². The lowest BCUT2D eigenvalue weighted by Crippen LogP contribution is -1.93. The summed E-state index contributed by atoms with van der Waals surface area (Å²) in [6, 6.07) is 11.6. The highest BCUT2D eigenvalue weighted by atomic mass is 35.5. The number of Topliss-reactive ketones (excluding diaryl/α,β-unsaturated/α-hetero) is 1. The lowest BCUT2D eigenvalue weighted by molar-refractivity contribution is 0.101. The minimum absolute atomic E-state index is 0.0525. The first-order valence-electron chi connectivity index (χ1n) is 5.87. The fourth-order valence-electron chi connectivity index (χ4n) is 1.87. The van der Waals surface area contributed by atoms with E-state index in [2.05, 4.69) is 26.0 Å². The molecule has 0 fully saturated rings. The summed E-state index contributed by atoms with van der Waals surface area (Å²) in [6.07, 6.45) is 0. The molecule has 0 aromatic heterocycles. The van der Waals surface area contributed by atoms with E-state index in [0.717, 1.165) is 11.1 Å². The Bertz CT molecular complexity index is 614. The van der Waals surface area contributed by atoms with Crippen LogP contribution in [0.2, 0.25) is 5.02 Å². The van der Waals surface area contributed by atoms with Crippen molar-refractivity contribution in [1.82, 2.24) is 0 Å². The molecule has 92 valence electrons. The normalized spacial score (nSPS) is 10.4. The zero-order chi connectivity index (χ0) is 13.3. The van der Waals surface area contributed by atoms with Crippen molar-refractivity contribution in [2.45, 2.75) is 20.8 Å². The van der Waals surface area contributed by atoms with E-state index in [1.807, 2.05) is 12.1 Å². The van der Waals surface area contributed by atoms with Gasteiger partial charge < -0.3 is 0 Å². The van der Waals surface area contributed by atoms with E-state index in [9.17, 15) is 4.79 Å². The van der Waals surface area contributed by atoms with Gasteiger partial charge >= 0.3 is 0 Å². The standard InChI is InChI=1S/C16H15ClO/c1-10-4-5-14(8-11(10)2)15-9-13(12(3)18)6-7-16(15)17/h4-9H,1-3H3. The predicted molar refractivity (Wildman–Crippen MR) is 76.4 cm³/mol. The molecular formula is C16H15ClO. The van der Waals surface area contributed by atoms with Crippen LogP contribution in [-0.2, 0) is 0 Å². The van der Waals surface area contributed by atoms with Crippen molar-refractivity contribution in [3.8, 4) is 11.1 Å². The zero-order valence-electron chi connectivity index (χ0n) is 10.8. The molecule has 0 amide bonds. The third-order valence-corrected chi connectivity index (χ3v) is 3.52. The lowest BCUT2D eigenvalue weighted by atomic mass is 9.98. The van der Waals surface area contributed by atoms with Gasteiger partial charge in [-0.05, 0) is 55.7 Å². The smallest absolute Gasteiger partial charge is 0.159 e. The summed E-state index contributed by atoms with van der Waals surface area (Å²) >= 11 is 6.22. The molecule has 0 saturated carbocycles. The fraction of sp³-hybridized carbons (Fsp3) is 0.188. The number of rotatable bonds is 2. The van der Waals surface area contributed by atoms with Gasteiger partial charge in [-0.3, -0.25) is 4.79 Å². The molecule has 0 radical (unpaired) electrons. The molecule has 2 aromatic carbocycles. The van der Waals surface area contributed by atoms with Crippen LogP contribution >= 0.6 is 11.6 Å². The van der Waals surface area contributed by atoms with Gasteiger partial charge in [-0.25, -0.2) is 0 Å². The number of ketones is 1. The summed E-state index contributed by atoms with van der Waals surface area (Å²) in [5.74, 6) is 0.0525. The lowest BCUT2D eigenvalue weighted by Gasteiger charge is -2.09. The predicted octanol–water partition coefficient (Wildman–Crippen LogP) is 4.83. The summed E-state index contributed by atoms with van der Waals surface area (Å²) < 4.78 is 0. The largest absolute Gasteiger partial charge is 0.295 e. The van der Waals surface area contributed by atoms with Crippen LogP contribution in [0.1, 0.15) is 28.4 Å². The first-order valence-corrected chi connectivity index (χ1v) is 6.25. The van der Waals surface area contributed by atoms with Crippen molar-refractivity contribution in [3.63, 3.8) is 0 Å². The van der Waals surface area contributed by atoms with E-state index < -0.39 is 0 Å². The molecule has 0 aliphatic heterocycles. The molecular weight excluding hydrogens is 244 g/mol. The number of hydrogen-bond donors (Lipinski definition) is 0. The van der Waals surface area contributed by atoms with Crippen LogP contribution in [0.3, 0.4) is 0 Å². The molecule has 0 heterocycles. The Morgan fingerprint density at radius 3 is 2.33 bits per heavy atom. The molecule has 0 saturated heterocycles. The fourth-order valence-corrected chi connectivity index (χ4v) is 2.10. The Kier molecular flexibility index (Phi) is 3.53. The van der Waals surface area contributed by atoms with Crippen LogP contribution < -0.4 is 0 Å². The highest BCUT2D eigenvalue weighted by Gasteiger charge is 2.08. The number of hydrogen-bond acceptors (Lipinski definition) is 1. The van der Waals surface area contributed by atoms with E-state index >= 15 is 0 Å². The highest BCUT2D eigenvalue weighted by molar-refractivity contribution is 6.33. The van der Waals surface area contributed by atoms with Crippen LogP contribution in [0.5, 0.6) is 0 Å². The van der Waals surface area contributed by atoms with Crippen LogP contribution in [0.25, 0.3) is 11.1 Å². The van der Waals surface area contributed by atoms with Crippen molar-refractivity contribution >= 4 is 17.4 Å². The molecule has 0 N–H and O–H groups in total. The summed E-state index contributed by atoms with van der Waals surface area (Å²) in [4.78, 5) is 11.4. The number of benzene rings is 2. The Morgan fingerprint density at radius 2 is 1.72 bits per heavy atom. The van der Waals surface area contributed by atoms with Crippen LogP contribution in [0.15, 0.2) is 36.4 Å². The van der Waals surface area contributed by atoms with E-state index in [4.69, 9.17) is 11.6 Å². The van der Waals surface area contributed by atoms with E-state index in [0.29, 0.717) is 10.6 Å². The molecule has 0 unspecified atom stereocenters. The van der Waals surface area contributed by atoms with Gasteiger partial charge in [-0.1, -0.05) is 29.8 Å². The minimum Gasteiger partial charge on any atom is -0.295 e. The van der Waals surface area contributed by atoms with Gasteiger partial charge in [0, 0.05) is 16.1 Å². The Labute approximate surface area is 112 Å². The van der Waals surface area contributed by atoms with Crippen molar-refractivity contribution in [2.24, 2.45) is 0 Å². The van der Waals surface area contributed by atoms with Gasteiger partial charge in [0.05, 0.1) is 0 Å². The average Bonchev–Trinajstić information content (AvgIpc) is 2.33.